The van der Waals surface area contributed by atoms with E-state index in [1.165, 1.54) is 0 Å². The third-order valence-corrected chi connectivity index (χ3v) is 4.52. The van der Waals surface area contributed by atoms with Gasteiger partial charge >= 0.3 is 7.60 Å². The molecule has 0 heterocycles. The molecule has 0 aromatic heterocycles. The van der Waals surface area contributed by atoms with Gasteiger partial charge in [0, 0.05) is 11.6 Å². The van der Waals surface area contributed by atoms with E-state index < -0.39 is 13.4 Å². The van der Waals surface area contributed by atoms with Crippen molar-refractivity contribution >= 4 is 19.2 Å². The Kier molecular flexibility index (Phi) is 5.57. The zero-order chi connectivity index (χ0) is 15.3. The van der Waals surface area contributed by atoms with Crippen molar-refractivity contribution in [2.45, 2.75) is 12.2 Å². The summed E-state index contributed by atoms with van der Waals surface area (Å²) in [5.74, 6) is -1.02. The highest BCUT2D eigenvalue weighted by Gasteiger charge is 2.29. The lowest BCUT2D eigenvalue weighted by Crippen LogP contribution is -2.23. The van der Waals surface area contributed by atoms with E-state index in [9.17, 15) is 14.4 Å². The summed E-state index contributed by atoms with van der Waals surface area (Å²) in [6, 6.07) is 16.3. The van der Waals surface area contributed by atoms with Gasteiger partial charge in [-0.1, -0.05) is 54.1 Å². The molecule has 6 heteroatoms. The van der Waals surface area contributed by atoms with E-state index in [2.05, 4.69) is 5.32 Å². The second kappa shape index (κ2) is 7.21. The van der Waals surface area contributed by atoms with Crippen molar-refractivity contribution in [3.63, 3.8) is 0 Å². The Morgan fingerprint density at radius 1 is 1.05 bits per heavy atom. The fourth-order valence-corrected chi connectivity index (χ4v) is 3.13. The third-order valence-electron chi connectivity index (χ3n) is 3.12. The standard InChI is InChI=1S/C15H17ClNO3P/c16-14-8-6-13(7-9-14)15(21(18,19)20)17-11-10-12-4-2-1-3-5-12/h1-9,15,17H,10-11H2,(H2,18,19,20)/t15-/m1/s1. The van der Waals surface area contributed by atoms with Crippen LogP contribution in [-0.2, 0) is 11.0 Å². The first kappa shape index (κ1) is 16.2. The molecule has 0 radical (unpaired) electrons. The van der Waals surface area contributed by atoms with Crippen LogP contribution in [0.25, 0.3) is 0 Å². The van der Waals surface area contributed by atoms with Gasteiger partial charge in [0.1, 0.15) is 5.78 Å². The second-order valence-electron chi connectivity index (χ2n) is 4.73. The Labute approximate surface area is 128 Å². The molecule has 0 aliphatic heterocycles. The van der Waals surface area contributed by atoms with E-state index in [-0.39, 0.29) is 0 Å². The summed E-state index contributed by atoms with van der Waals surface area (Å²) in [7, 11) is -4.29. The van der Waals surface area contributed by atoms with Crippen molar-refractivity contribution in [2.75, 3.05) is 6.54 Å². The van der Waals surface area contributed by atoms with E-state index in [1.54, 1.807) is 24.3 Å². The first-order chi connectivity index (χ1) is 9.97. The molecule has 0 bridgehead atoms. The maximum Gasteiger partial charge on any atom is 0.346 e. The van der Waals surface area contributed by atoms with Crippen molar-refractivity contribution in [1.29, 1.82) is 0 Å². The minimum Gasteiger partial charge on any atom is -0.323 e. The molecular weight excluding hydrogens is 309 g/mol. The van der Waals surface area contributed by atoms with E-state index in [1.807, 2.05) is 30.3 Å². The number of rotatable bonds is 6. The maximum absolute atomic E-state index is 11.7. The van der Waals surface area contributed by atoms with Crippen LogP contribution in [0.1, 0.15) is 16.9 Å². The molecule has 4 nitrogen and oxygen atoms in total. The van der Waals surface area contributed by atoms with Crippen molar-refractivity contribution in [2.24, 2.45) is 0 Å². The van der Waals surface area contributed by atoms with Crippen molar-refractivity contribution in [3.8, 4) is 0 Å². The maximum atomic E-state index is 11.7. The Balaban J connectivity index is 2.04. The Morgan fingerprint density at radius 2 is 1.67 bits per heavy atom. The third kappa shape index (κ3) is 4.95. The van der Waals surface area contributed by atoms with E-state index in [0.29, 0.717) is 23.6 Å². The van der Waals surface area contributed by atoms with Crippen molar-refractivity contribution in [1.82, 2.24) is 5.32 Å². The number of benzene rings is 2. The lowest BCUT2D eigenvalue weighted by molar-refractivity contribution is 0.348. The predicted molar refractivity (Wildman–Crippen MR) is 84.4 cm³/mol. The van der Waals surface area contributed by atoms with Gasteiger partial charge in [-0.15, -0.1) is 0 Å². The molecule has 0 amide bonds. The van der Waals surface area contributed by atoms with Gasteiger partial charge in [-0.25, -0.2) is 0 Å². The largest absolute Gasteiger partial charge is 0.346 e. The van der Waals surface area contributed by atoms with Crippen LogP contribution in [0.2, 0.25) is 5.02 Å². The highest BCUT2D eigenvalue weighted by atomic mass is 35.5. The highest BCUT2D eigenvalue weighted by molar-refractivity contribution is 7.52. The zero-order valence-corrected chi connectivity index (χ0v) is 13.0. The molecular formula is C15H17ClNO3P. The summed E-state index contributed by atoms with van der Waals surface area (Å²) in [5, 5.41) is 3.47. The molecule has 3 N–H and O–H groups in total. The summed E-state index contributed by atoms with van der Waals surface area (Å²) in [4.78, 5) is 19.0. The predicted octanol–water partition coefficient (Wildman–Crippen LogP) is 3.35. The Morgan fingerprint density at radius 3 is 2.24 bits per heavy atom. The van der Waals surface area contributed by atoms with Gasteiger partial charge < -0.3 is 9.79 Å². The Bertz CT molecular complexity index is 613. The molecule has 2 aromatic rings. The number of hydrogen-bond donors (Lipinski definition) is 3. The molecule has 2 aromatic carbocycles. The minimum absolute atomic E-state index is 0.475. The van der Waals surface area contributed by atoms with Crippen molar-refractivity contribution in [3.05, 3.63) is 70.7 Å². The fourth-order valence-electron chi connectivity index (χ4n) is 2.07. The van der Waals surface area contributed by atoms with E-state index >= 15 is 0 Å². The molecule has 0 saturated carbocycles. The van der Waals surface area contributed by atoms with Crippen LogP contribution in [0.3, 0.4) is 0 Å². The van der Waals surface area contributed by atoms with Gasteiger partial charge in [-0.2, -0.15) is 0 Å². The van der Waals surface area contributed by atoms with Gasteiger partial charge in [-0.3, -0.25) is 9.88 Å². The van der Waals surface area contributed by atoms with Gasteiger partial charge in [0.05, 0.1) is 0 Å². The van der Waals surface area contributed by atoms with Gasteiger partial charge in [0.2, 0.25) is 0 Å². The van der Waals surface area contributed by atoms with Gasteiger partial charge in [0.25, 0.3) is 0 Å². The number of hydrogen-bond acceptors (Lipinski definition) is 2. The monoisotopic (exact) mass is 325 g/mol. The summed E-state index contributed by atoms with van der Waals surface area (Å²) < 4.78 is 11.7. The van der Waals surface area contributed by atoms with Crippen LogP contribution in [0.15, 0.2) is 54.6 Å². The topological polar surface area (TPSA) is 69.6 Å². The highest BCUT2D eigenvalue weighted by Crippen LogP contribution is 2.49. The molecule has 0 aliphatic rings. The van der Waals surface area contributed by atoms with E-state index in [4.69, 9.17) is 11.6 Å². The fraction of sp³-hybridized carbons (Fsp3) is 0.200. The quantitative estimate of drug-likeness (QED) is 0.712. The zero-order valence-electron chi connectivity index (χ0n) is 11.3. The van der Waals surface area contributed by atoms with Crippen LogP contribution in [0.5, 0.6) is 0 Å². The molecule has 0 unspecified atom stereocenters. The van der Waals surface area contributed by atoms with Crippen LogP contribution in [-0.4, -0.2) is 16.3 Å². The molecule has 0 saturated heterocycles. The van der Waals surface area contributed by atoms with Crippen LogP contribution in [0.4, 0.5) is 0 Å². The minimum atomic E-state index is -4.29. The number of halogens is 1. The van der Waals surface area contributed by atoms with Gasteiger partial charge in [-0.05, 0) is 29.7 Å². The number of nitrogens with one attached hydrogen (secondary N) is 1. The van der Waals surface area contributed by atoms with Crippen LogP contribution in [0, 0.1) is 0 Å². The summed E-state index contributed by atoms with van der Waals surface area (Å²) in [5.41, 5.74) is 1.64. The average molecular weight is 326 g/mol. The van der Waals surface area contributed by atoms with E-state index in [0.717, 1.165) is 5.56 Å². The summed E-state index contributed by atoms with van der Waals surface area (Å²) in [6.07, 6.45) is 0.699. The molecule has 21 heavy (non-hydrogen) atoms. The molecule has 0 aliphatic carbocycles. The smallest absolute Gasteiger partial charge is 0.323 e. The first-order valence-corrected chi connectivity index (χ1v) is 8.61. The first-order valence-electron chi connectivity index (χ1n) is 6.55. The van der Waals surface area contributed by atoms with Gasteiger partial charge in [0.15, 0.2) is 0 Å². The lowest BCUT2D eigenvalue weighted by Gasteiger charge is -2.20. The SMILES string of the molecule is O=P(O)(O)[C@@H](NCCc1ccccc1)c1ccc(Cl)cc1. The Hall–Kier alpha value is -1.16. The molecule has 1 atom stereocenters. The van der Waals surface area contributed by atoms with Crippen molar-refractivity contribution < 1.29 is 14.4 Å². The molecule has 112 valence electrons. The summed E-state index contributed by atoms with van der Waals surface area (Å²) in [6.45, 7) is 0.475. The average Bonchev–Trinajstić information content (AvgIpc) is 2.45. The van der Waals surface area contributed by atoms with Crippen LogP contribution >= 0.6 is 19.2 Å². The molecule has 2 rings (SSSR count). The molecule has 0 spiro atoms. The molecule has 0 fully saturated rings. The van der Waals surface area contributed by atoms with Crippen LogP contribution < -0.4 is 5.32 Å². The summed E-state index contributed by atoms with van der Waals surface area (Å²) >= 11 is 5.80. The second-order valence-corrected chi connectivity index (χ2v) is 6.86. The normalized spacial score (nSPS) is 13.1. The lowest BCUT2D eigenvalue weighted by atomic mass is 10.1.